The zero-order chi connectivity index (χ0) is 23.0. The van der Waals surface area contributed by atoms with Gasteiger partial charge in [-0.1, -0.05) is 26.0 Å². The van der Waals surface area contributed by atoms with Crippen molar-refractivity contribution in [3.8, 4) is 0 Å². The summed E-state index contributed by atoms with van der Waals surface area (Å²) >= 11 is 0. The van der Waals surface area contributed by atoms with Crippen LogP contribution in [0, 0.1) is 22.7 Å². The molecule has 6 nitrogen and oxygen atoms in total. The second-order valence-electron chi connectivity index (χ2n) is 9.52. The molecule has 3 fully saturated rings. The SMILES string of the molecule is C=C1C2(C(=O)N3CCC(Cn4ccnc4)CC3)CCC(C2)C1(C)C.O=C(O)C(F)(F)F. The average Bonchev–Trinajstić information content (AvgIpc) is 3.41. The van der Waals surface area contributed by atoms with E-state index in [1.807, 2.05) is 18.7 Å². The Hall–Kier alpha value is -2.32. The number of hydrogen-bond donors (Lipinski definition) is 1. The van der Waals surface area contributed by atoms with Gasteiger partial charge in [-0.3, -0.25) is 4.79 Å². The number of piperidine rings is 1. The summed E-state index contributed by atoms with van der Waals surface area (Å²) in [5.41, 5.74) is 1.09. The molecule has 1 saturated heterocycles. The number of rotatable bonds is 3. The van der Waals surface area contributed by atoms with Gasteiger partial charge in [-0.25, -0.2) is 9.78 Å². The molecule has 4 rings (SSSR count). The molecule has 1 aliphatic heterocycles. The van der Waals surface area contributed by atoms with Crippen LogP contribution in [0.2, 0.25) is 0 Å². The monoisotopic (exact) mass is 441 g/mol. The third kappa shape index (κ3) is 4.50. The standard InChI is InChI=1S/C20H29N3O.C2HF3O2/c1-15-19(2,3)17-4-7-20(15,12-17)18(24)23-9-5-16(6-10-23)13-22-11-8-21-14-22;3-2(4,5)1(6)7/h8,11,14,16-17H,1,4-7,9-10,12-13H2,2-3H3;(H,6,7). The van der Waals surface area contributed by atoms with Crippen LogP contribution >= 0.6 is 0 Å². The molecule has 1 aromatic rings. The number of carboxylic acids is 1. The van der Waals surface area contributed by atoms with Crippen LogP contribution in [0.5, 0.6) is 0 Å². The second kappa shape index (κ2) is 8.31. The highest BCUT2D eigenvalue weighted by molar-refractivity contribution is 5.87. The van der Waals surface area contributed by atoms with Gasteiger partial charge in [-0.05, 0) is 49.4 Å². The van der Waals surface area contributed by atoms with Crippen LogP contribution in [0.4, 0.5) is 13.2 Å². The highest BCUT2D eigenvalue weighted by atomic mass is 19.4. The molecule has 3 aliphatic rings. The quantitative estimate of drug-likeness (QED) is 0.716. The van der Waals surface area contributed by atoms with E-state index >= 15 is 0 Å². The first-order valence-electron chi connectivity index (χ1n) is 10.6. The molecule has 0 spiro atoms. The number of nitrogens with zero attached hydrogens (tertiary/aromatic N) is 3. The molecule has 0 radical (unpaired) electrons. The number of carboxylic acid groups (broad SMARTS) is 1. The van der Waals surface area contributed by atoms with Gasteiger partial charge in [-0.2, -0.15) is 13.2 Å². The van der Waals surface area contributed by atoms with Gasteiger partial charge in [0.05, 0.1) is 11.7 Å². The Bertz CT molecular complexity index is 827. The number of amides is 1. The Kier molecular flexibility index (Phi) is 6.26. The third-order valence-corrected chi connectivity index (χ3v) is 7.47. The van der Waals surface area contributed by atoms with Crippen molar-refractivity contribution in [2.24, 2.45) is 22.7 Å². The van der Waals surface area contributed by atoms with Crippen molar-refractivity contribution in [3.05, 3.63) is 30.9 Å². The van der Waals surface area contributed by atoms with Crippen molar-refractivity contribution in [1.29, 1.82) is 0 Å². The summed E-state index contributed by atoms with van der Waals surface area (Å²) in [7, 11) is 0. The van der Waals surface area contributed by atoms with Crippen molar-refractivity contribution in [3.63, 3.8) is 0 Å². The number of aliphatic carboxylic acids is 1. The number of imidazole rings is 1. The Morgan fingerprint density at radius 2 is 1.87 bits per heavy atom. The first-order valence-corrected chi connectivity index (χ1v) is 10.6. The molecule has 9 heteroatoms. The van der Waals surface area contributed by atoms with E-state index in [1.54, 1.807) is 0 Å². The van der Waals surface area contributed by atoms with Crippen LogP contribution in [-0.2, 0) is 16.1 Å². The van der Waals surface area contributed by atoms with Crippen LogP contribution in [0.15, 0.2) is 30.9 Å². The largest absolute Gasteiger partial charge is 0.490 e. The molecule has 0 aromatic carbocycles. The Morgan fingerprint density at radius 3 is 2.32 bits per heavy atom. The number of halogens is 3. The second-order valence-corrected chi connectivity index (χ2v) is 9.52. The lowest BCUT2D eigenvalue weighted by molar-refractivity contribution is -0.192. The van der Waals surface area contributed by atoms with E-state index in [9.17, 15) is 18.0 Å². The highest BCUT2D eigenvalue weighted by Gasteiger charge is 2.61. The van der Waals surface area contributed by atoms with E-state index in [0.29, 0.717) is 17.7 Å². The van der Waals surface area contributed by atoms with Gasteiger partial charge in [0, 0.05) is 32.0 Å². The van der Waals surface area contributed by atoms with E-state index in [2.05, 4.69) is 34.9 Å². The molecule has 172 valence electrons. The maximum Gasteiger partial charge on any atom is 0.490 e. The summed E-state index contributed by atoms with van der Waals surface area (Å²) in [5, 5.41) is 7.12. The summed E-state index contributed by atoms with van der Waals surface area (Å²) in [6.07, 6.45) is 6.11. The first kappa shape index (κ1) is 23.3. The van der Waals surface area contributed by atoms with Gasteiger partial charge in [0.1, 0.15) is 0 Å². The predicted octanol–water partition coefficient (Wildman–Crippen LogP) is 4.14. The van der Waals surface area contributed by atoms with Gasteiger partial charge < -0.3 is 14.6 Å². The van der Waals surface area contributed by atoms with Gasteiger partial charge in [0.15, 0.2) is 0 Å². The third-order valence-electron chi connectivity index (χ3n) is 7.47. The molecule has 2 saturated carbocycles. The number of fused-ring (bicyclic) bond motifs is 2. The molecular formula is C22H30F3N3O3. The maximum atomic E-state index is 13.4. The summed E-state index contributed by atoms with van der Waals surface area (Å²) < 4.78 is 33.9. The van der Waals surface area contributed by atoms with E-state index < -0.39 is 12.1 Å². The molecular weight excluding hydrogens is 411 g/mol. The van der Waals surface area contributed by atoms with Gasteiger partial charge in [-0.15, -0.1) is 0 Å². The maximum absolute atomic E-state index is 13.4. The lowest BCUT2D eigenvalue weighted by atomic mass is 9.68. The van der Waals surface area contributed by atoms with Crippen LogP contribution in [0.3, 0.4) is 0 Å². The van der Waals surface area contributed by atoms with Crippen LogP contribution in [-0.4, -0.2) is 50.7 Å². The van der Waals surface area contributed by atoms with Crippen molar-refractivity contribution in [2.45, 2.75) is 58.7 Å². The van der Waals surface area contributed by atoms with E-state index in [4.69, 9.17) is 9.90 Å². The highest BCUT2D eigenvalue weighted by Crippen LogP contribution is 2.66. The zero-order valence-electron chi connectivity index (χ0n) is 18.0. The molecule has 2 bridgehead atoms. The number of likely N-dealkylation sites (tertiary alicyclic amines) is 1. The number of alkyl halides is 3. The van der Waals surface area contributed by atoms with Crippen molar-refractivity contribution in [2.75, 3.05) is 13.1 Å². The summed E-state index contributed by atoms with van der Waals surface area (Å²) in [5.74, 6) is -1.08. The Balaban J connectivity index is 0.000000339. The lowest BCUT2D eigenvalue weighted by Crippen LogP contribution is -2.47. The lowest BCUT2D eigenvalue weighted by Gasteiger charge is -2.41. The van der Waals surface area contributed by atoms with Gasteiger partial charge in [0.2, 0.25) is 5.91 Å². The number of carbonyl (C=O) groups is 2. The average molecular weight is 441 g/mol. The van der Waals surface area contributed by atoms with Crippen LogP contribution < -0.4 is 0 Å². The van der Waals surface area contributed by atoms with Crippen molar-refractivity contribution >= 4 is 11.9 Å². The number of aromatic nitrogens is 2. The Morgan fingerprint density at radius 1 is 1.26 bits per heavy atom. The van der Waals surface area contributed by atoms with E-state index in [-0.39, 0.29) is 10.8 Å². The summed E-state index contributed by atoms with van der Waals surface area (Å²) in [6.45, 7) is 11.8. The Labute approximate surface area is 180 Å². The molecule has 2 heterocycles. The van der Waals surface area contributed by atoms with Crippen molar-refractivity contribution in [1.82, 2.24) is 14.5 Å². The predicted molar refractivity (Wildman–Crippen MR) is 108 cm³/mol. The minimum atomic E-state index is -5.08. The van der Waals surface area contributed by atoms with Crippen LogP contribution in [0.1, 0.15) is 46.0 Å². The minimum absolute atomic E-state index is 0.133. The molecule has 2 aliphatic carbocycles. The summed E-state index contributed by atoms with van der Waals surface area (Å²) in [6, 6.07) is 0. The fourth-order valence-electron chi connectivity index (χ4n) is 5.44. The number of carbonyl (C=O) groups excluding carboxylic acids is 1. The van der Waals surface area contributed by atoms with Gasteiger partial charge >= 0.3 is 12.1 Å². The molecule has 2 unspecified atom stereocenters. The zero-order valence-corrected chi connectivity index (χ0v) is 18.0. The van der Waals surface area contributed by atoms with Crippen LogP contribution in [0.25, 0.3) is 0 Å². The molecule has 31 heavy (non-hydrogen) atoms. The summed E-state index contributed by atoms with van der Waals surface area (Å²) in [4.78, 5) is 28.5. The first-order chi connectivity index (χ1) is 14.4. The fourth-order valence-corrected chi connectivity index (χ4v) is 5.44. The number of hydrogen-bond acceptors (Lipinski definition) is 3. The normalized spacial score (nSPS) is 27.7. The minimum Gasteiger partial charge on any atom is -0.475 e. The van der Waals surface area contributed by atoms with Gasteiger partial charge in [0.25, 0.3) is 0 Å². The molecule has 1 amide bonds. The molecule has 1 N–H and O–H groups in total. The van der Waals surface area contributed by atoms with E-state index in [0.717, 1.165) is 45.3 Å². The van der Waals surface area contributed by atoms with E-state index in [1.165, 1.54) is 12.0 Å². The fraction of sp³-hybridized carbons (Fsp3) is 0.682. The smallest absolute Gasteiger partial charge is 0.475 e. The molecule has 2 atom stereocenters. The molecule has 1 aromatic heterocycles. The van der Waals surface area contributed by atoms with Crippen molar-refractivity contribution < 1.29 is 27.9 Å². The topological polar surface area (TPSA) is 75.4 Å².